The number of aromatic nitrogens is 2. The molecule has 0 radical (unpaired) electrons. The molecule has 164 valence electrons. The maximum atomic E-state index is 14.2. The smallest absolute Gasteiger partial charge is 0.415 e. The number of carbonyl (C=O) groups excluding carboxylic acids is 1. The zero-order valence-electron chi connectivity index (χ0n) is 17.9. The van der Waals surface area contributed by atoms with Gasteiger partial charge in [-0.15, -0.1) is 0 Å². The number of halogens is 1. The molecule has 2 N–H and O–H groups in total. The van der Waals surface area contributed by atoms with Crippen LogP contribution in [-0.4, -0.2) is 34.6 Å². The van der Waals surface area contributed by atoms with Gasteiger partial charge in [0.25, 0.3) is 0 Å². The summed E-state index contributed by atoms with van der Waals surface area (Å²) in [7, 11) is 0. The molecule has 8 nitrogen and oxygen atoms in total. The number of ether oxygens (including phenoxy) is 2. The average Bonchev–Trinajstić information content (AvgIpc) is 3.13. The molecule has 32 heavy (non-hydrogen) atoms. The number of amides is 1. The molecule has 4 rings (SSSR count). The van der Waals surface area contributed by atoms with Gasteiger partial charge in [-0.05, 0) is 51.1 Å². The minimum Gasteiger partial charge on any atom is -0.490 e. The third-order valence-electron chi connectivity index (χ3n) is 4.78. The lowest BCUT2D eigenvalue weighted by atomic mass is 10.1. The van der Waals surface area contributed by atoms with Crippen molar-refractivity contribution in [2.75, 3.05) is 23.8 Å². The lowest BCUT2D eigenvalue weighted by molar-refractivity contribution is 0.0568. The van der Waals surface area contributed by atoms with E-state index in [2.05, 4.69) is 5.10 Å². The van der Waals surface area contributed by atoms with E-state index >= 15 is 0 Å². The molecule has 1 aliphatic rings. The predicted octanol–water partition coefficient (Wildman–Crippen LogP) is 4.27. The SMILES string of the molecule is CC(C)(C)OC(=O)N1CCOc2ccc(-n3nc(N)cc3-c3ccc(C#N)c(F)c3)cc21. The molecule has 9 heteroatoms. The van der Waals surface area contributed by atoms with E-state index < -0.39 is 17.5 Å². The van der Waals surface area contributed by atoms with Gasteiger partial charge in [0.15, 0.2) is 0 Å². The van der Waals surface area contributed by atoms with E-state index in [-0.39, 0.29) is 11.4 Å². The van der Waals surface area contributed by atoms with Gasteiger partial charge < -0.3 is 15.2 Å². The highest BCUT2D eigenvalue weighted by Crippen LogP contribution is 2.36. The monoisotopic (exact) mass is 435 g/mol. The minimum atomic E-state index is -0.642. The highest BCUT2D eigenvalue weighted by atomic mass is 19.1. The van der Waals surface area contributed by atoms with Gasteiger partial charge >= 0.3 is 6.09 Å². The normalized spacial score (nSPS) is 13.2. The first-order chi connectivity index (χ1) is 15.2. The van der Waals surface area contributed by atoms with Crippen LogP contribution in [0.5, 0.6) is 5.75 Å². The lowest BCUT2D eigenvalue weighted by Gasteiger charge is -2.31. The van der Waals surface area contributed by atoms with Crippen LogP contribution in [0.25, 0.3) is 16.9 Å². The van der Waals surface area contributed by atoms with Crippen molar-refractivity contribution in [2.45, 2.75) is 26.4 Å². The van der Waals surface area contributed by atoms with E-state index in [4.69, 9.17) is 20.5 Å². The van der Waals surface area contributed by atoms with Gasteiger partial charge in [0, 0.05) is 11.6 Å². The Morgan fingerprint density at radius 1 is 1.25 bits per heavy atom. The van der Waals surface area contributed by atoms with Gasteiger partial charge in [0.05, 0.1) is 29.2 Å². The Labute approximate surface area is 184 Å². The zero-order chi connectivity index (χ0) is 23.0. The van der Waals surface area contributed by atoms with E-state index in [1.54, 1.807) is 61.9 Å². The third kappa shape index (κ3) is 4.07. The second-order valence-corrected chi connectivity index (χ2v) is 8.31. The molecule has 0 saturated heterocycles. The summed E-state index contributed by atoms with van der Waals surface area (Å²) >= 11 is 0. The van der Waals surface area contributed by atoms with Crippen molar-refractivity contribution in [2.24, 2.45) is 0 Å². The number of nitriles is 1. The Balaban J connectivity index is 1.77. The molecule has 0 saturated carbocycles. The summed E-state index contributed by atoms with van der Waals surface area (Å²) in [5.74, 6) is 0.144. The number of carbonyl (C=O) groups is 1. The largest absolute Gasteiger partial charge is 0.490 e. The van der Waals surface area contributed by atoms with Crippen LogP contribution in [0.4, 0.5) is 20.7 Å². The van der Waals surface area contributed by atoms with Gasteiger partial charge in [-0.25, -0.2) is 13.9 Å². The van der Waals surface area contributed by atoms with Crippen LogP contribution in [0, 0.1) is 17.1 Å². The summed E-state index contributed by atoms with van der Waals surface area (Å²) in [6.07, 6.45) is -0.478. The van der Waals surface area contributed by atoms with Crippen LogP contribution >= 0.6 is 0 Å². The number of hydrogen-bond donors (Lipinski definition) is 1. The molecule has 3 aromatic rings. The molecule has 1 aliphatic heterocycles. The van der Waals surface area contributed by atoms with Gasteiger partial charge in [-0.1, -0.05) is 6.07 Å². The van der Waals surface area contributed by atoms with Gasteiger partial charge in [0.2, 0.25) is 0 Å². The minimum absolute atomic E-state index is 0.0493. The highest BCUT2D eigenvalue weighted by molar-refractivity contribution is 5.91. The Morgan fingerprint density at radius 2 is 2.03 bits per heavy atom. The molecule has 0 fully saturated rings. The molecule has 0 spiro atoms. The maximum Gasteiger partial charge on any atom is 0.415 e. The van der Waals surface area contributed by atoms with Crippen LogP contribution in [0.15, 0.2) is 42.5 Å². The second kappa shape index (κ2) is 7.89. The fraction of sp³-hybridized carbons (Fsp3) is 0.261. The van der Waals surface area contributed by atoms with E-state index in [9.17, 15) is 9.18 Å². The number of nitrogens with two attached hydrogens (primary N) is 1. The van der Waals surface area contributed by atoms with E-state index in [0.29, 0.717) is 41.5 Å². The lowest BCUT2D eigenvalue weighted by Crippen LogP contribution is -2.41. The Hall–Kier alpha value is -4.06. The topological polar surface area (TPSA) is 106 Å². The molecular weight excluding hydrogens is 413 g/mol. The number of hydrogen-bond acceptors (Lipinski definition) is 6. The average molecular weight is 435 g/mol. The second-order valence-electron chi connectivity index (χ2n) is 8.31. The summed E-state index contributed by atoms with van der Waals surface area (Å²) in [5.41, 5.74) is 7.42. The summed E-state index contributed by atoms with van der Waals surface area (Å²) in [4.78, 5) is 14.3. The number of benzene rings is 2. The first-order valence-corrected chi connectivity index (χ1v) is 9.99. The summed E-state index contributed by atoms with van der Waals surface area (Å²) in [6, 6.07) is 13.0. The van der Waals surface area contributed by atoms with E-state index in [1.165, 1.54) is 17.0 Å². The number of nitrogen functional groups attached to an aromatic ring is 1. The summed E-state index contributed by atoms with van der Waals surface area (Å²) < 4.78 is 27.0. The summed E-state index contributed by atoms with van der Waals surface area (Å²) in [6.45, 7) is 6.09. The number of nitrogens with zero attached hydrogens (tertiary/aromatic N) is 4. The quantitative estimate of drug-likeness (QED) is 0.644. The Kier molecular flexibility index (Phi) is 5.22. The molecule has 0 unspecified atom stereocenters. The van der Waals surface area contributed by atoms with Crippen molar-refractivity contribution < 1.29 is 18.7 Å². The number of anilines is 2. The molecule has 0 atom stereocenters. The molecule has 0 bridgehead atoms. The van der Waals surface area contributed by atoms with Crippen LogP contribution in [0.2, 0.25) is 0 Å². The van der Waals surface area contributed by atoms with Crippen molar-refractivity contribution in [1.29, 1.82) is 5.26 Å². The molecular formula is C23H22FN5O3. The van der Waals surface area contributed by atoms with Crippen LogP contribution in [0.1, 0.15) is 26.3 Å². The molecule has 0 aliphatic carbocycles. The van der Waals surface area contributed by atoms with Crippen LogP contribution < -0.4 is 15.4 Å². The fourth-order valence-corrected chi connectivity index (χ4v) is 3.41. The number of rotatable bonds is 2. The molecule has 2 aromatic carbocycles. The highest BCUT2D eigenvalue weighted by Gasteiger charge is 2.29. The number of fused-ring (bicyclic) bond motifs is 1. The van der Waals surface area contributed by atoms with Crippen molar-refractivity contribution in [3.05, 3.63) is 53.8 Å². The fourth-order valence-electron chi connectivity index (χ4n) is 3.41. The van der Waals surface area contributed by atoms with Crippen molar-refractivity contribution >= 4 is 17.6 Å². The predicted molar refractivity (Wildman–Crippen MR) is 117 cm³/mol. The van der Waals surface area contributed by atoms with Gasteiger partial charge in [-0.2, -0.15) is 10.4 Å². The van der Waals surface area contributed by atoms with Gasteiger partial charge in [-0.3, -0.25) is 4.90 Å². The standard InChI is InChI=1S/C23H22FN5O3/c1-23(2,3)32-22(30)28-8-9-31-20-7-6-16(11-19(20)28)29-18(12-21(26)27-29)14-4-5-15(13-25)17(24)10-14/h4-7,10-12H,8-9H2,1-3H3,(H2,26,27). The Bertz CT molecular complexity index is 1240. The zero-order valence-corrected chi connectivity index (χ0v) is 17.9. The Morgan fingerprint density at radius 3 is 2.72 bits per heavy atom. The van der Waals surface area contributed by atoms with Crippen molar-refractivity contribution in [3.63, 3.8) is 0 Å². The van der Waals surface area contributed by atoms with E-state index in [1.807, 2.05) is 0 Å². The van der Waals surface area contributed by atoms with Gasteiger partial charge in [0.1, 0.15) is 35.7 Å². The molecule has 2 heterocycles. The first-order valence-electron chi connectivity index (χ1n) is 9.99. The van der Waals surface area contributed by atoms with Crippen molar-refractivity contribution in [1.82, 2.24) is 9.78 Å². The van der Waals surface area contributed by atoms with Crippen LogP contribution in [-0.2, 0) is 4.74 Å². The molecule has 1 amide bonds. The summed E-state index contributed by atoms with van der Waals surface area (Å²) in [5, 5.41) is 13.3. The van der Waals surface area contributed by atoms with Crippen molar-refractivity contribution in [3.8, 4) is 28.8 Å². The third-order valence-corrected chi connectivity index (χ3v) is 4.78. The maximum absolute atomic E-state index is 14.2. The van der Waals surface area contributed by atoms with Crippen LogP contribution in [0.3, 0.4) is 0 Å². The molecule has 1 aromatic heterocycles. The first kappa shape index (κ1) is 21.2. The van der Waals surface area contributed by atoms with E-state index in [0.717, 1.165) is 0 Å².